The summed E-state index contributed by atoms with van der Waals surface area (Å²) in [6, 6.07) is 9.38. The van der Waals surface area contributed by atoms with Crippen LogP contribution in [0.3, 0.4) is 0 Å². The van der Waals surface area contributed by atoms with Gasteiger partial charge >= 0.3 is 6.09 Å². The number of fused-ring (bicyclic) bond motifs is 1. The number of carbonyl (C=O) groups excluding carboxylic acids is 3. The normalized spacial score (nSPS) is 12.1. The summed E-state index contributed by atoms with van der Waals surface area (Å²) in [5.74, 6) is -1.20. The Morgan fingerprint density at radius 3 is 2.47 bits per heavy atom. The van der Waals surface area contributed by atoms with Gasteiger partial charge in [0.1, 0.15) is 17.3 Å². The van der Waals surface area contributed by atoms with Crippen LogP contribution in [0.1, 0.15) is 42.7 Å². The van der Waals surface area contributed by atoms with E-state index in [2.05, 4.69) is 31.2 Å². The number of hydrazine groups is 1. The summed E-state index contributed by atoms with van der Waals surface area (Å²) in [5.41, 5.74) is 7.05. The lowest BCUT2D eigenvalue weighted by Crippen LogP contribution is -2.48. The van der Waals surface area contributed by atoms with E-state index in [1.807, 2.05) is 19.3 Å². The standard InChI is InChI=1S/C25H27N7O4/c1-25(2,3)36-24(35)29-20(15-8-6-5-7-9-15)23(34)31-30-22(33)19-13-27-21-18(19)10-16(11-26-21)17-12-28-32(4)14-17/h5-14,20H,1-4H3,(H,26,27)(H,29,35)(H,30,33)(H,31,34). The maximum Gasteiger partial charge on any atom is 0.408 e. The van der Waals surface area contributed by atoms with Crippen LogP contribution in [0.5, 0.6) is 0 Å². The summed E-state index contributed by atoms with van der Waals surface area (Å²) < 4.78 is 6.96. The zero-order valence-corrected chi connectivity index (χ0v) is 20.3. The highest BCUT2D eigenvalue weighted by Crippen LogP contribution is 2.24. The molecule has 1 atom stereocenters. The monoisotopic (exact) mass is 489 g/mol. The second-order valence-electron chi connectivity index (χ2n) is 9.16. The minimum atomic E-state index is -1.09. The second-order valence-corrected chi connectivity index (χ2v) is 9.16. The fourth-order valence-electron chi connectivity index (χ4n) is 3.55. The molecule has 11 heteroatoms. The van der Waals surface area contributed by atoms with Gasteiger partial charge in [-0.3, -0.25) is 25.1 Å². The summed E-state index contributed by atoms with van der Waals surface area (Å²) in [6.45, 7) is 5.17. The van der Waals surface area contributed by atoms with Crippen LogP contribution in [0.25, 0.3) is 22.2 Å². The molecule has 186 valence electrons. The first-order valence-electron chi connectivity index (χ1n) is 11.2. The van der Waals surface area contributed by atoms with Crippen molar-refractivity contribution in [2.24, 2.45) is 7.05 Å². The SMILES string of the molecule is Cn1cc(-c2cnc3[nH]cc(C(=O)NNC(=O)C(NC(=O)OC(C)(C)C)c4ccccc4)c3c2)cn1. The Kier molecular flexibility index (Phi) is 6.73. The lowest BCUT2D eigenvalue weighted by molar-refractivity contribution is -0.124. The van der Waals surface area contributed by atoms with Gasteiger partial charge in [-0.2, -0.15) is 5.10 Å². The Morgan fingerprint density at radius 2 is 1.81 bits per heavy atom. The molecule has 0 fully saturated rings. The molecule has 0 saturated heterocycles. The van der Waals surface area contributed by atoms with Gasteiger partial charge < -0.3 is 15.0 Å². The summed E-state index contributed by atoms with van der Waals surface area (Å²) in [7, 11) is 1.81. The minimum Gasteiger partial charge on any atom is -0.444 e. The van der Waals surface area contributed by atoms with E-state index in [1.54, 1.807) is 68.2 Å². The molecule has 0 bridgehead atoms. The molecular formula is C25H27N7O4. The molecule has 0 aliphatic rings. The van der Waals surface area contributed by atoms with Crippen LogP contribution in [-0.4, -0.2) is 43.3 Å². The van der Waals surface area contributed by atoms with Crippen molar-refractivity contribution < 1.29 is 19.1 Å². The number of aromatic nitrogens is 4. The van der Waals surface area contributed by atoms with Crippen molar-refractivity contribution in [3.8, 4) is 11.1 Å². The van der Waals surface area contributed by atoms with E-state index in [-0.39, 0.29) is 0 Å². The van der Waals surface area contributed by atoms with Gasteiger partial charge in [-0.25, -0.2) is 9.78 Å². The topological polar surface area (TPSA) is 143 Å². The first-order chi connectivity index (χ1) is 17.1. The van der Waals surface area contributed by atoms with Crippen molar-refractivity contribution in [2.45, 2.75) is 32.4 Å². The number of amides is 3. The van der Waals surface area contributed by atoms with Crippen LogP contribution < -0.4 is 16.2 Å². The summed E-state index contributed by atoms with van der Waals surface area (Å²) in [5, 5.41) is 7.30. The van der Waals surface area contributed by atoms with Crippen molar-refractivity contribution in [2.75, 3.05) is 0 Å². The first kappa shape index (κ1) is 24.5. The quantitative estimate of drug-likeness (QED) is 0.317. The van der Waals surface area contributed by atoms with Gasteiger partial charge in [0.05, 0.1) is 11.8 Å². The predicted octanol–water partition coefficient (Wildman–Crippen LogP) is 2.99. The molecule has 4 rings (SSSR count). The maximum atomic E-state index is 13.0. The molecule has 0 aliphatic heterocycles. The molecule has 11 nitrogen and oxygen atoms in total. The van der Waals surface area contributed by atoms with E-state index in [9.17, 15) is 14.4 Å². The third-order valence-corrected chi connectivity index (χ3v) is 5.17. The number of carbonyl (C=O) groups is 3. The van der Waals surface area contributed by atoms with Gasteiger partial charge in [0, 0.05) is 42.2 Å². The van der Waals surface area contributed by atoms with Crippen molar-refractivity contribution in [1.29, 1.82) is 0 Å². The Morgan fingerprint density at radius 1 is 1.06 bits per heavy atom. The fraction of sp³-hybridized carbons (Fsp3) is 0.240. The van der Waals surface area contributed by atoms with Gasteiger partial charge in [0.15, 0.2) is 0 Å². The predicted molar refractivity (Wildman–Crippen MR) is 132 cm³/mol. The Bertz CT molecular complexity index is 1400. The number of hydrogen-bond acceptors (Lipinski definition) is 6. The number of pyridine rings is 1. The van der Waals surface area contributed by atoms with Gasteiger partial charge in [0.2, 0.25) is 0 Å². The summed E-state index contributed by atoms with van der Waals surface area (Å²) in [4.78, 5) is 45.6. The molecular weight excluding hydrogens is 462 g/mol. The molecule has 1 unspecified atom stereocenters. The molecule has 4 aromatic rings. The van der Waals surface area contributed by atoms with E-state index < -0.39 is 29.6 Å². The second kappa shape index (κ2) is 9.90. The smallest absolute Gasteiger partial charge is 0.408 e. The molecule has 0 radical (unpaired) electrons. The lowest BCUT2D eigenvalue weighted by Gasteiger charge is -2.23. The average Bonchev–Trinajstić information content (AvgIpc) is 3.46. The zero-order valence-electron chi connectivity index (χ0n) is 20.3. The van der Waals surface area contributed by atoms with Crippen molar-refractivity contribution in [1.82, 2.24) is 35.9 Å². The molecule has 3 amide bonds. The number of aromatic amines is 1. The van der Waals surface area contributed by atoms with Gasteiger partial charge in [-0.05, 0) is 32.4 Å². The van der Waals surface area contributed by atoms with Gasteiger partial charge in [-0.15, -0.1) is 0 Å². The Hall–Kier alpha value is -4.67. The van der Waals surface area contributed by atoms with Crippen LogP contribution in [0.2, 0.25) is 0 Å². The largest absolute Gasteiger partial charge is 0.444 e. The molecule has 3 aromatic heterocycles. The van der Waals surface area contributed by atoms with Crippen molar-refractivity contribution in [3.05, 3.63) is 72.3 Å². The third-order valence-electron chi connectivity index (χ3n) is 5.17. The molecule has 36 heavy (non-hydrogen) atoms. The number of benzene rings is 1. The molecule has 1 aromatic carbocycles. The van der Waals surface area contributed by atoms with Crippen LogP contribution in [0.4, 0.5) is 4.79 Å². The molecule has 0 saturated carbocycles. The summed E-state index contributed by atoms with van der Waals surface area (Å²) >= 11 is 0. The highest BCUT2D eigenvalue weighted by atomic mass is 16.6. The number of nitrogens with zero attached hydrogens (tertiary/aromatic N) is 3. The molecule has 3 heterocycles. The number of nitrogens with one attached hydrogen (secondary N) is 4. The van der Waals surface area contributed by atoms with Gasteiger partial charge in [-0.1, -0.05) is 30.3 Å². The van der Waals surface area contributed by atoms with Crippen molar-refractivity contribution in [3.63, 3.8) is 0 Å². The first-order valence-corrected chi connectivity index (χ1v) is 11.2. The van der Waals surface area contributed by atoms with E-state index in [4.69, 9.17) is 4.74 Å². The van der Waals surface area contributed by atoms with E-state index in [0.29, 0.717) is 22.2 Å². The number of hydrogen-bond donors (Lipinski definition) is 4. The third kappa shape index (κ3) is 5.69. The van der Waals surface area contributed by atoms with Crippen molar-refractivity contribution >= 4 is 28.9 Å². The molecule has 0 aliphatic carbocycles. The van der Waals surface area contributed by atoms with Crippen LogP contribution in [0.15, 0.2) is 61.2 Å². The lowest BCUT2D eigenvalue weighted by atomic mass is 10.1. The van der Waals surface area contributed by atoms with E-state index in [1.165, 1.54) is 6.20 Å². The Balaban J connectivity index is 1.50. The maximum absolute atomic E-state index is 13.0. The van der Waals surface area contributed by atoms with E-state index in [0.717, 1.165) is 11.1 Å². The number of alkyl carbamates (subject to hydrolysis) is 1. The minimum absolute atomic E-state index is 0.292. The van der Waals surface area contributed by atoms with E-state index >= 15 is 0 Å². The summed E-state index contributed by atoms with van der Waals surface area (Å²) in [6.07, 6.45) is 5.99. The molecule has 0 spiro atoms. The van der Waals surface area contributed by atoms with Crippen LogP contribution >= 0.6 is 0 Å². The Labute approximate surface area is 207 Å². The molecule has 4 N–H and O–H groups in total. The van der Waals surface area contributed by atoms with Crippen LogP contribution in [0, 0.1) is 0 Å². The number of ether oxygens (including phenoxy) is 1. The number of rotatable bonds is 5. The number of H-pyrrole nitrogens is 1. The zero-order chi connectivity index (χ0) is 25.9. The number of aryl methyl sites for hydroxylation is 1. The highest BCUT2D eigenvalue weighted by Gasteiger charge is 2.26. The average molecular weight is 490 g/mol. The fourth-order valence-corrected chi connectivity index (χ4v) is 3.55. The van der Waals surface area contributed by atoms with Crippen LogP contribution in [-0.2, 0) is 16.6 Å². The van der Waals surface area contributed by atoms with Gasteiger partial charge in [0.25, 0.3) is 11.8 Å². The highest BCUT2D eigenvalue weighted by molar-refractivity contribution is 6.07.